The summed E-state index contributed by atoms with van der Waals surface area (Å²) in [4.78, 5) is 30.9. The molecular weight excluding hydrogens is 404 g/mol. The van der Waals surface area contributed by atoms with E-state index >= 15 is 0 Å². The predicted molar refractivity (Wildman–Crippen MR) is 124 cm³/mol. The second-order valence-corrected chi connectivity index (χ2v) is 7.90. The van der Waals surface area contributed by atoms with Gasteiger partial charge < -0.3 is 14.6 Å². The summed E-state index contributed by atoms with van der Waals surface area (Å²) >= 11 is 0. The first-order valence-electron chi connectivity index (χ1n) is 10.8. The zero-order valence-corrected chi connectivity index (χ0v) is 17.8. The molecule has 0 saturated heterocycles. The number of ether oxygens (including phenoxy) is 1. The van der Waals surface area contributed by atoms with E-state index in [1.807, 2.05) is 61.7 Å². The minimum absolute atomic E-state index is 0.00457. The van der Waals surface area contributed by atoms with Crippen LogP contribution in [0, 0.1) is 0 Å². The molecule has 7 heteroatoms. The fourth-order valence-electron chi connectivity index (χ4n) is 3.96. The molecule has 1 aliphatic rings. The van der Waals surface area contributed by atoms with Crippen LogP contribution in [-0.2, 0) is 11.3 Å². The van der Waals surface area contributed by atoms with E-state index in [9.17, 15) is 9.59 Å². The van der Waals surface area contributed by atoms with Gasteiger partial charge in [0.2, 0.25) is 5.91 Å². The third kappa shape index (κ3) is 3.77. The number of para-hydroxylation sites is 2. The maximum atomic E-state index is 13.3. The lowest BCUT2D eigenvalue weighted by atomic mass is 10.1. The molecule has 0 unspecified atom stereocenters. The zero-order chi connectivity index (χ0) is 22.1. The number of nitrogens with zero attached hydrogens (tertiary/aromatic N) is 3. The molecule has 2 heterocycles. The Hall–Kier alpha value is -3.87. The highest BCUT2D eigenvalue weighted by molar-refractivity contribution is 5.96. The highest BCUT2D eigenvalue weighted by Gasteiger charge is 2.27. The van der Waals surface area contributed by atoms with Gasteiger partial charge in [-0.15, -0.1) is 0 Å². The minimum atomic E-state index is -0.241. The van der Waals surface area contributed by atoms with Crippen LogP contribution in [-0.4, -0.2) is 26.6 Å². The third-order valence-corrected chi connectivity index (χ3v) is 5.60. The van der Waals surface area contributed by atoms with Crippen LogP contribution in [0.15, 0.2) is 71.9 Å². The lowest BCUT2D eigenvalue weighted by Crippen LogP contribution is -2.24. The molecule has 1 aliphatic carbocycles. The normalized spacial score (nSPS) is 13.3. The van der Waals surface area contributed by atoms with Crippen LogP contribution in [0.5, 0.6) is 5.75 Å². The summed E-state index contributed by atoms with van der Waals surface area (Å²) < 4.78 is 9.01. The van der Waals surface area contributed by atoms with Crippen LogP contribution in [0.25, 0.3) is 22.2 Å². The number of nitrogens with one attached hydrogen (secondary N) is 1. The van der Waals surface area contributed by atoms with E-state index in [1.165, 1.54) is 0 Å². The number of carbonyl (C=O) groups is 1. The van der Waals surface area contributed by atoms with Crippen LogP contribution in [0.3, 0.4) is 0 Å². The van der Waals surface area contributed by atoms with Crippen LogP contribution in [0.2, 0.25) is 0 Å². The van der Waals surface area contributed by atoms with Gasteiger partial charge in [-0.25, -0.2) is 4.98 Å². The summed E-state index contributed by atoms with van der Waals surface area (Å²) in [6, 6.07) is 17.3. The molecule has 5 rings (SSSR count). The van der Waals surface area contributed by atoms with E-state index in [2.05, 4.69) is 10.3 Å². The summed E-state index contributed by atoms with van der Waals surface area (Å²) in [5.41, 5.74) is 3.35. The van der Waals surface area contributed by atoms with Gasteiger partial charge in [0.15, 0.2) is 0 Å². The number of anilines is 1. The van der Waals surface area contributed by atoms with Crippen molar-refractivity contribution in [2.24, 2.45) is 0 Å². The number of carbonyl (C=O) groups excluding carboxylic acids is 1. The summed E-state index contributed by atoms with van der Waals surface area (Å²) in [6.07, 6.45) is 5.44. The Morgan fingerprint density at radius 1 is 1.12 bits per heavy atom. The Kier molecular flexibility index (Phi) is 5.23. The molecule has 2 aromatic carbocycles. The largest absolute Gasteiger partial charge is 0.492 e. The van der Waals surface area contributed by atoms with Gasteiger partial charge in [0.1, 0.15) is 23.3 Å². The van der Waals surface area contributed by atoms with Gasteiger partial charge in [0.25, 0.3) is 5.56 Å². The molecule has 0 bridgehead atoms. The molecule has 1 N–H and O–H groups in total. The van der Waals surface area contributed by atoms with Gasteiger partial charge in [-0.3, -0.25) is 14.2 Å². The molecular formula is C25H24N4O3. The second-order valence-electron chi connectivity index (χ2n) is 7.90. The van der Waals surface area contributed by atoms with Crippen molar-refractivity contribution in [1.82, 2.24) is 14.1 Å². The number of hydrogen-bond acceptors (Lipinski definition) is 4. The number of benzene rings is 2. The smallest absolute Gasteiger partial charge is 0.278 e. The number of aromatic nitrogens is 3. The van der Waals surface area contributed by atoms with E-state index in [1.54, 1.807) is 21.5 Å². The quantitative estimate of drug-likeness (QED) is 0.478. The van der Waals surface area contributed by atoms with Crippen molar-refractivity contribution in [2.45, 2.75) is 32.4 Å². The van der Waals surface area contributed by atoms with Gasteiger partial charge in [0.05, 0.1) is 18.6 Å². The van der Waals surface area contributed by atoms with Gasteiger partial charge in [-0.1, -0.05) is 42.5 Å². The van der Waals surface area contributed by atoms with Gasteiger partial charge in [0, 0.05) is 17.8 Å². The van der Waals surface area contributed by atoms with Gasteiger partial charge in [-0.2, -0.15) is 0 Å². The second kappa shape index (κ2) is 8.34. The average molecular weight is 428 g/mol. The Morgan fingerprint density at radius 3 is 2.62 bits per heavy atom. The van der Waals surface area contributed by atoms with Crippen LogP contribution in [0.1, 0.15) is 25.8 Å². The third-order valence-electron chi connectivity index (χ3n) is 5.60. The van der Waals surface area contributed by atoms with E-state index < -0.39 is 0 Å². The number of hydrogen-bond donors (Lipinski definition) is 1. The van der Waals surface area contributed by atoms with Gasteiger partial charge >= 0.3 is 0 Å². The molecule has 0 spiro atoms. The topological polar surface area (TPSA) is 78.2 Å². The van der Waals surface area contributed by atoms with Crippen molar-refractivity contribution in [3.63, 3.8) is 0 Å². The predicted octanol–water partition coefficient (Wildman–Crippen LogP) is 4.24. The van der Waals surface area contributed by atoms with Crippen molar-refractivity contribution < 1.29 is 9.53 Å². The average Bonchev–Trinajstić information content (AvgIpc) is 3.58. The van der Waals surface area contributed by atoms with Crippen LogP contribution in [0.4, 0.5) is 5.69 Å². The molecule has 0 aliphatic heterocycles. The first-order valence-corrected chi connectivity index (χ1v) is 10.8. The highest BCUT2D eigenvalue weighted by atomic mass is 16.5. The number of rotatable bonds is 7. The van der Waals surface area contributed by atoms with Crippen LogP contribution >= 0.6 is 0 Å². The summed E-state index contributed by atoms with van der Waals surface area (Å²) in [5.74, 6) is 0.373. The van der Waals surface area contributed by atoms with Crippen molar-refractivity contribution in [2.75, 3.05) is 11.9 Å². The molecule has 1 fully saturated rings. The lowest BCUT2D eigenvalue weighted by molar-refractivity contribution is -0.116. The van der Waals surface area contributed by atoms with Crippen molar-refractivity contribution in [3.05, 3.63) is 77.5 Å². The maximum Gasteiger partial charge on any atom is 0.278 e. The minimum Gasteiger partial charge on any atom is -0.492 e. The molecule has 1 amide bonds. The standard InChI is InChI=1S/C25H24N4O3/c1-2-32-21-11-7-6-10-20(21)27-22(30)15-28-14-19(17-8-4-3-5-9-17)23-24(28)25(31)29(16-26-23)18-12-13-18/h3-11,14,16,18H,2,12-13,15H2,1H3,(H,27,30). The molecule has 162 valence electrons. The molecule has 32 heavy (non-hydrogen) atoms. The first-order chi connectivity index (χ1) is 15.7. The fraction of sp³-hybridized carbons (Fsp3) is 0.240. The van der Waals surface area contributed by atoms with E-state index in [-0.39, 0.29) is 24.1 Å². The Labute approximate surface area is 185 Å². The molecule has 7 nitrogen and oxygen atoms in total. The molecule has 0 atom stereocenters. The summed E-state index contributed by atoms with van der Waals surface area (Å²) in [7, 11) is 0. The fourth-order valence-corrected chi connectivity index (χ4v) is 3.96. The Balaban J connectivity index is 1.54. The zero-order valence-electron chi connectivity index (χ0n) is 17.8. The molecule has 0 radical (unpaired) electrons. The van der Waals surface area contributed by atoms with Crippen LogP contribution < -0.4 is 15.6 Å². The van der Waals surface area contributed by atoms with Gasteiger partial charge in [-0.05, 0) is 37.5 Å². The van der Waals surface area contributed by atoms with E-state index in [0.717, 1.165) is 24.0 Å². The number of amides is 1. The monoisotopic (exact) mass is 428 g/mol. The molecule has 2 aromatic heterocycles. The van der Waals surface area contributed by atoms with Crippen molar-refractivity contribution >= 4 is 22.6 Å². The maximum absolute atomic E-state index is 13.3. The van der Waals surface area contributed by atoms with Crippen molar-refractivity contribution in [1.29, 1.82) is 0 Å². The Bertz CT molecular complexity index is 1340. The lowest BCUT2D eigenvalue weighted by Gasteiger charge is -2.12. The first kappa shape index (κ1) is 20.1. The van der Waals surface area contributed by atoms with E-state index in [0.29, 0.717) is 29.1 Å². The SMILES string of the molecule is CCOc1ccccc1NC(=O)Cn1cc(-c2ccccc2)c2ncn(C3CC3)c(=O)c21. The van der Waals surface area contributed by atoms with Crippen molar-refractivity contribution in [3.8, 4) is 16.9 Å². The van der Waals surface area contributed by atoms with E-state index in [4.69, 9.17) is 4.74 Å². The highest BCUT2D eigenvalue weighted by Crippen LogP contribution is 2.34. The molecule has 4 aromatic rings. The number of fused-ring (bicyclic) bond motifs is 1. The summed E-state index contributed by atoms with van der Waals surface area (Å²) in [6.45, 7) is 2.39. The Morgan fingerprint density at radius 2 is 1.88 bits per heavy atom. The summed E-state index contributed by atoms with van der Waals surface area (Å²) in [5, 5.41) is 2.91. The molecule has 1 saturated carbocycles.